The Hall–Kier alpha value is -1.30. The highest BCUT2D eigenvalue weighted by molar-refractivity contribution is 7.12. The Morgan fingerprint density at radius 1 is 1.60 bits per heavy atom. The second-order valence-electron chi connectivity index (χ2n) is 1.51. The van der Waals surface area contributed by atoms with Crippen LogP contribution in [0.15, 0.2) is 11.6 Å². The predicted octanol–water partition coefficient (Wildman–Crippen LogP) is -0.0810. The van der Waals surface area contributed by atoms with Crippen molar-refractivity contribution in [2.24, 2.45) is 0 Å². The van der Waals surface area contributed by atoms with Crippen LogP contribution < -0.4 is 0 Å². The fourth-order valence-electron chi connectivity index (χ4n) is 0.544. The largest absolute Gasteiger partial charge is 0.229 e. The molecule has 0 aromatic carbocycles. The fraction of sp³-hybridized carbons (Fsp3) is 0. The van der Waals surface area contributed by atoms with E-state index in [4.69, 9.17) is 0 Å². The van der Waals surface area contributed by atoms with Crippen LogP contribution in [0.5, 0.6) is 0 Å². The average molecular weight is 152 g/mol. The van der Waals surface area contributed by atoms with E-state index < -0.39 is 0 Å². The third-order valence-electron chi connectivity index (χ3n) is 0.914. The van der Waals surface area contributed by atoms with Gasteiger partial charge in [0, 0.05) is 11.6 Å². The smallest absolute Gasteiger partial charge is 0.227 e. The second kappa shape index (κ2) is 2.14. The molecule has 0 saturated heterocycles. The van der Waals surface area contributed by atoms with Gasteiger partial charge in [-0.15, -0.1) is 16.4 Å². The third-order valence-corrected chi connectivity index (χ3v) is 1.66. The van der Waals surface area contributed by atoms with Gasteiger partial charge in [0.25, 0.3) is 0 Å². The van der Waals surface area contributed by atoms with Crippen LogP contribution in [0.2, 0.25) is 0 Å². The molecule has 2 aromatic rings. The van der Waals surface area contributed by atoms with Crippen LogP contribution in [0.3, 0.4) is 0 Å². The van der Waals surface area contributed by atoms with E-state index in [1.54, 1.807) is 6.20 Å². The number of aromatic nitrogens is 5. The molecule has 5 nitrogen and oxygen atoms in total. The summed E-state index contributed by atoms with van der Waals surface area (Å²) in [6, 6.07) is 0. The van der Waals surface area contributed by atoms with Crippen LogP contribution in [0.4, 0.5) is 0 Å². The lowest BCUT2D eigenvalue weighted by Gasteiger charge is -1.84. The summed E-state index contributed by atoms with van der Waals surface area (Å²) >= 11 is 1.46. The molecule has 0 unspecified atom stereocenters. The van der Waals surface area contributed by atoms with Crippen LogP contribution in [-0.2, 0) is 0 Å². The first-order valence-electron chi connectivity index (χ1n) is 2.53. The zero-order valence-electron chi connectivity index (χ0n) is 4.80. The highest BCUT2D eigenvalue weighted by atomic mass is 32.1. The van der Waals surface area contributed by atoms with Crippen molar-refractivity contribution < 1.29 is 0 Å². The molecule has 0 fully saturated rings. The van der Waals surface area contributed by atoms with Gasteiger partial charge >= 0.3 is 0 Å². The zero-order valence-corrected chi connectivity index (χ0v) is 5.62. The van der Waals surface area contributed by atoms with Gasteiger partial charge < -0.3 is 0 Å². The Balaban J connectivity index is 2.48. The lowest BCUT2D eigenvalue weighted by atomic mass is 11.0. The molecule has 0 amide bonds. The summed E-state index contributed by atoms with van der Waals surface area (Å²) in [5, 5.41) is 13.0. The molecule has 0 atom stereocenters. The third kappa shape index (κ3) is 0.781. The number of thiazole rings is 1. The van der Waals surface area contributed by atoms with Crippen molar-refractivity contribution in [3.63, 3.8) is 0 Å². The second-order valence-corrected chi connectivity index (χ2v) is 2.38. The highest BCUT2D eigenvalue weighted by Gasteiger charge is 1.98. The molecule has 10 heavy (non-hydrogen) atoms. The molecule has 49 valence electrons. The van der Waals surface area contributed by atoms with E-state index in [9.17, 15) is 0 Å². The van der Waals surface area contributed by atoms with Crippen molar-refractivity contribution in [2.75, 3.05) is 0 Å². The monoisotopic (exact) mass is 152 g/mol. The Labute approximate surface area is 60.3 Å². The molecule has 0 spiro atoms. The molecule has 2 aromatic heterocycles. The number of rotatable bonds is 1. The molecule has 1 radical (unpaired) electrons. The van der Waals surface area contributed by atoms with Crippen LogP contribution in [0.25, 0.3) is 5.13 Å². The van der Waals surface area contributed by atoms with Crippen LogP contribution in [-0.4, -0.2) is 25.2 Å². The SMILES string of the molecule is [c]1nnnn1-c1nccs1. The van der Waals surface area contributed by atoms with Crippen molar-refractivity contribution in [3.05, 3.63) is 17.9 Å². The van der Waals surface area contributed by atoms with Gasteiger partial charge in [0.2, 0.25) is 11.5 Å². The lowest BCUT2D eigenvalue weighted by Crippen LogP contribution is -1.93. The summed E-state index contributed by atoms with van der Waals surface area (Å²) in [4.78, 5) is 3.97. The molecule has 0 bridgehead atoms. The zero-order chi connectivity index (χ0) is 6.81. The van der Waals surface area contributed by atoms with Gasteiger partial charge in [-0.3, -0.25) is 0 Å². The summed E-state index contributed by atoms with van der Waals surface area (Å²) in [6.45, 7) is 0. The van der Waals surface area contributed by atoms with Crippen molar-refractivity contribution in [1.82, 2.24) is 25.2 Å². The Bertz CT molecular complexity index is 253. The first-order valence-corrected chi connectivity index (χ1v) is 3.41. The van der Waals surface area contributed by atoms with Crippen molar-refractivity contribution in [2.45, 2.75) is 0 Å². The van der Waals surface area contributed by atoms with Gasteiger partial charge in [0.05, 0.1) is 0 Å². The van der Waals surface area contributed by atoms with Gasteiger partial charge in [-0.1, -0.05) is 0 Å². The first kappa shape index (κ1) is 5.48. The Morgan fingerprint density at radius 3 is 3.20 bits per heavy atom. The topological polar surface area (TPSA) is 56.5 Å². The maximum atomic E-state index is 3.97. The predicted molar refractivity (Wildman–Crippen MR) is 33.7 cm³/mol. The molecule has 6 heteroatoms. The summed E-state index contributed by atoms with van der Waals surface area (Å²) < 4.78 is 1.39. The van der Waals surface area contributed by atoms with Crippen molar-refractivity contribution in [1.29, 1.82) is 0 Å². The number of hydrogen-bond donors (Lipinski definition) is 0. The van der Waals surface area contributed by atoms with Crippen LogP contribution in [0, 0.1) is 6.33 Å². The molecule has 0 aliphatic carbocycles. The van der Waals surface area contributed by atoms with Gasteiger partial charge in [-0.05, 0) is 10.4 Å². The van der Waals surface area contributed by atoms with E-state index in [0.717, 1.165) is 5.13 Å². The van der Waals surface area contributed by atoms with Gasteiger partial charge in [-0.25, -0.2) is 4.98 Å². The normalized spacial score (nSPS) is 10.0. The first-order chi connectivity index (χ1) is 4.97. The van der Waals surface area contributed by atoms with E-state index in [1.165, 1.54) is 16.0 Å². The molecule has 0 aliphatic rings. The maximum Gasteiger partial charge on any atom is 0.229 e. The number of hydrogen-bond acceptors (Lipinski definition) is 5. The quantitative estimate of drug-likeness (QED) is 0.573. The van der Waals surface area contributed by atoms with E-state index in [1.807, 2.05) is 5.38 Å². The number of nitrogens with zero attached hydrogens (tertiary/aromatic N) is 5. The standard InChI is InChI=1S/C4H2N5S/c1-2-10-4(5-1)9-3-6-7-8-9/h1-2H. The number of tetrazole rings is 1. The summed E-state index contributed by atoms with van der Waals surface area (Å²) in [6.07, 6.45) is 4.22. The fourth-order valence-corrected chi connectivity index (χ4v) is 1.09. The molecule has 0 saturated carbocycles. The minimum atomic E-state index is 0.727. The lowest BCUT2D eigenvalue weighted by molar-refractivity contribution is 0.782. The van der Waals surface area contributed by atoms with E-state index in [2.05, 4.69) is 26.8 Å². The molecule has 2 rings (SSSR count). The summed E-state index contributed by atoms with van der Waals surface area (Å²) in [5.41, 5.74) is 0. The van der Waals surface area contributed by atoms with Crippen LogP contribution in [0.1, 0.15) is 0 Å². The minimum Gasteiger partial charge on any atom is -0.227 e. The van der Waals surface area contributed by atoms with E-state index in [0.29, 0.717) is 0 Å². The molecular weight excluding hydrogens is 150 g/mol. The van der Waals surface area contributed by atoms with Gasteiger partial charge in [0.1, 0.15) is 0 Å². The molecule has 0 N–H and O–H groups in total. The van der Waals surface area contributed by atoms with Crippen molar-refractivity contribution >= 4 is 11.3 Å². The maximum absolute atomic E-state index is 3.97. The average Bonchev–Trinajstić information content (AvgIpc) is 2.59. The Kier molecular flexibility index (Phi) is 1.17. The summed E-state index contributed by atoms with van der Waals surface area (Å²) in [7, 11) is 0. The minimum absolute atomic E-state index is 0.727. The molecular formula is C4H2N5S. The van der Waals surface area contributed by atoms with E-state index in [-0.39, 0.29) is 0 Å². The van der Waals surface area contributed by atoms with Gasteiger partial charge in [-0.2, -0.15) is 4.68 Å². The molecule has 0 aliphatic heterocycles. The highest BCUT2D eigenvalue weighted by Crippen LogP contribution is 2.06. The summed E-state index contributed by atoms with van der Waals surface area (Å²) in [5.74, 6) is 0. The van der Waals surface area contributed by atoms with E-state index >= 15 is 0 Å². The van der Waals surface area contributed by atoms with Crippen LogP contribution >= 0.6 is 11.3 Å². The Morgan fingerprint density at radius 2 is 2.60 bits per heavy atom. The molecule has 2 heterocycles. The van der Waals surface area contributed by atoms with Crippen molar-refractivity contribution in [3.8, 4) is 5.13 Å². The van der Waals surface area contributed by atoms with Gasteiger partial charge in [0.15, 0.2) is 0 Å².